The van der Waals surface area contributed by atoms with Crippen molar-refractivity contribution in [3.63, 3.8) is 0 Å². The van der Waals surface area contributed by atoms with E-state index in [1.54, 1.807) is 0 Å². The van der Waals surface area contributed by atoms with E-state index >= 15 is 0 Å². The van der Waals surface area contributed by atoms with Crippen LogP contribution in [-0.2, 0) is 0 Å². The lowest BCUT2D eigenvalue weighted by Crippen LogP contribution is -2.59. The van der Waals surface area contributed by atoms with Gasteiger partial charge in [-0.3, -0.25) is 0 Å². The Balaban J connectivity index is 1.51. The summed E-state index contributed by atoms with van der Waals surface area (Å²) in [6, 6.07) is 28.9. The van der Waals surface area contributed by atoms with Crippen LogP contribution in [0.1, 0.15) is 38.5 Å². The maximum absolute atomic E-state index is 6.06. The third-order valence-corrected chi connectivity index (χ3v) is 11.0. The molecule has 4 aliphatic carbocycles. The molecule has 0 atom stereocenters. The summed E-state index contributed by atoms with van der Waals surface area (Å²) in [5.41, 5.74) is 1.60. The highest BCUT2D eigenvalue weighted by Gasteiger charge is 2.53. The second kappa shape index (κ2) is 8.48. The molecule has 3 aromatic rings. The first-order chi connectivity index (χ1) is 16.2. The Morgan fingerprint density at radius 2 is 1.24 bits per heavy atom. The molecule has 0 N–H and O–H groups in total. The number of para-hydroxylation sites is 1. The molecule has 7 rings (SSSR count). The lowest BCUT2D eigenvalue weighted by Gasteiger charge is -2.60. The first kappa shape index (κ1) is 21.2. The third-order valence-electron chi connectivity index (χ3n) is 8.52. The van der Waals surface area contributed by atoms with Gasteiger partial charge in [-0.15, -0.1) is 0 Å². The summed E-state index contributed by atoms with van der Waals surface area (Å²) in [6.45, 7) is 0. The summed E-state index contributed by atoms with van der Waals surface area (Å²) in [6.07, 6.45) is 8.44. The van der Waals surface area contributed by atoms with E-state index in [1.807, 2.05) is 7.11 Å². The average Bonchev–Trinajstić information content (AvgIpc) is 2.84. The lowest BCUT2D eigenvalue weighted by molar-refractivity contribution is -0.00208. The van der Waals surface area contributed by atoms with Crippen molar-refractivity contribution in [3.05, 3.63) is 78.9 Å². The summed E-state index contributed by atoms with van der Waals surface area (Å²) in [5.74, 6) is 3.77. The summed E-state index contributed by atoms with van der Waals surface area (Å²) < 4.78 is 6.06. The monoisotopic (exact) mass is 455 g/mol. The number of nitrogens with zero attached hydrogens (tertiary/aromatic N) is 1. The first-order valence-corrected chi connectivity index (χ1v) is 13.8. The molecule has 0 radical (unpaired) electrons. The summed E-state index contributed by atoms with van der Waals surface area (Å²) in [4.78, 5) is 2.69. The molecule has 0 heterocycles. The number of methoxy groups -OCH3 is 1. The third kappa shape index (κ3) is 3.68. The highest BCUT2D eigenvalue weighted by Crippen LogP contribution is 2.59. The molecule has 4 aliphatic rings. The van der Waals surface area contributed by atoms with E-state index < -0.39 is 7.92 Å². The number of anilines is 1. The van der Waals surface area contributed by atoms with E-state index in [1.165, 1.54) is 60.1 Å². The quantitative estimate of drug-likeness (QED) is 0.432. The van der Waals surface area contributed by atoms with Gasteiger partial charge in [-0.2, -0.15) is 0 Å². The van der Waals surface area contributed by atoms with Gasteiger partial charge in [0.1, 0.15) is 5.75 Å². The van der Waals surface area contributed by atoms with Gasteiger partial charge in [-0.25, -0.2) is 0 Å². The molecule has 33 heavy (non-hydrogen) atoms. The number of benzene rings is 3. The highest BCUT2D eigenvalue weighted by atomic mass is 31.1. The van der Waals surface area contributed by atoms with Crippen LogP contribution in [0.25, 0.3) is 0 Å². The lowest BCUT2D eigenvalue weighted by atomic mass is 9.52. The molecule has 3 heteroatoms. The van der Waals surface area contributed by atoms with Crippen LogP contribution >= 0.6 is 7.92 Å². The zero-order valence-corrected chi connectivity index (χ0v) is 20.7. The zero-order chi connectivity index (χ0) is 22.4. The fraction of sp³-hybridized carbons (Fsp3) is 0.400. The summed E-state index contributed by atoms with van der Waals surface area (Å²) in [5, 5.41) is 4.21. The van der Waals surface area contributed by atoms with E-state index in [4.69, 9.17) is 4.74 Å². The zero-order valence-electron chi connectivity index (χ0n) is 19.8. The summed E-state index contributed by atoms with van der Waals surface area (Å²) in [7, 11) is 3.53. The number of hydrogen-bond donors (Lipinski definition) is 0. The minimum absolute atomic E-state index is 0.284. The van der Waals surface area contributed by atoms with Gasteiger partial charge in [0.2, 0.25) is 0 Å². The molecular weight excluding hydrogens is 421 g/mol. The Morgan fingerprint density at radius 3 is 1.73 bits per heavy atom. The van der Waals surface area contributed by atoms with E-state index in [2.05, 4.69) is 90.8 Å². The molecule has 0 aromatic heterocycles. The number of hydrogen-bond acceptors (Lipinski definition) is 2. The maximum Gasteiger partial charge on any atom is 0.142 e. The van der Waals surface area contributed by atoms with Crippen LogP contribution in [0.4, 0.5) is 5.69 Å². The molecule has 0 spiro atoms. The van der Waals surface area contributed by atoms with E-state index in [0.29, 0.717) is 0 Å². The fourth-order valence-electron chi connectivity index (χ4n) is 7.49. The number of rotatable bonds is 6. The predicted octanol–water partition coefficient (Wildman–Crippen LogP) is 5.86. The average molecular weight is 456 g/mol. The van der Waals surface area contributed by atoms with Crippen LogP contribution in [0.3, 0.4) is 0 Å². The van der Waals surface area contributed by atoms with Crippen molar-refractivity contribution < 1.29 is 4.74 Å². The Hall–Kier alpha value is -2.31. The van der Waals surface area contributed by atoms with Gasteiger partial charge in [0.15, 0.2) is 0 Å². The Labute approximate surface area is 199 Å². The topological polar surface area (TPSA) is 12.5 Å². The van der Waals surface area contributed by atoms with Crippen LogP contribution in [0.5, 0.6) is 5.75 Å². The molecule has 4 bridgehead atoms. The van der Waals surface area contributed by atoms with Crippen LogP contribution in [0.2, 0.25) is 0 Å². The molecule has 4 fully saturated rings. The van der Waals surface area contributed by atoms with E-state index in [9.17, 15) is 0 Å². The van der Waals surface area contributed by atoms with Crippen molar-refractivity contribution >= 4 is 29.5 Å². The largest absolute Gasteiger partial charge is 0.495 e. The van der Waals surface area contributed by atoms with E-state index in [-0.39, 0.29) is 5.54 Å². The molecule has 170 valence electrons. The van der Waals surface area contributed by atoms with Crippen molar-refractivity contribution in [1.82, 2.24) is 0 Å². The van der Waals surface area contributed by atoms with Gasteiger partial charge in [-0.05, 0) is 80.9 Å². The molecular formula is C30H34NOP. The molecule has 0 aliphatic heterocycles. The molecule has 2 nitrogen and oxygen atoms in total. The molecule has 3 aromatic carbocycles. The smallest absolute Gasteiger partial charge is 0.142 e. The molecule has 0 amide bonds. The van der Waals surface area contributed by atoms with Gasteiger partial charge < -0.3 is 9.64 Å². The highest BCUT2D eigenvalue weighted by molar-refractivity contribution is 7.80. The van der Waals surface area contributed by atoms with Gasteiger partial charge in [-0.1, -0.05) is 72.8 Å². The number of ether oxygens (including phenoxy) is 1. The van der Waals surface area contributed by atoms with Crippen molar-refractivity contribution in [1.29, 1.82) is 0 Å². The van der Waals surface area contributed by atoms with Crippen LogP contribution in [-0.4, -0.2) is 19.7 Å². The molecule has 4 saturated carbocycles. The molecule has 0 saturated heterocycles. The Morgan fingerprint density at radius 1 is 0.727 bits per heavy atom. The summed E-state index contributed by atoms with van der Waals surface area (Å²) >= 11 is 0. The normalized spacial score (nSPS) is 27.7. The minimum Gasteiger partial charge on any atom is -0.495 e. The van der Waals surface area contributed by atoms with Crippen molar-refractivity contribution in [2.75, 3.05) is 19.1 Å². The van der Waals surface area contributed by atoms with Crippen molar-refractivity contribution in [2.45, 2.75) is 44.1 Å². The standard InChI is InChI=1S/C30H34NOP/c1-31(30-19-22-16-23(20-30)18-24(17-22)21-30)29-27(32-2)14-9-15-28(29)33(25-10-5-3-6-11-25)26-12-7-4-8-13-26/h3-15,22-24H,16-21H2,1-2H3. The second-order valence-electron chi connectivity index (χ2n) is 10.5. The van der Waals surface area contributed by atoms with Crippen molar-refractivity contribution in [2.24, 2.45) is 17.8 Å². The van der Waals surface area contributed by atoms with Crippen LogP contribution in [0, 0.1) is 17.8 Å². The predicted molar refractivity (Wildman–Crippen MR) is 141 cm³/mol. The Bertz CT molecular complexity index is 1040. The fourth-order valence-corrected chi connectivity index (χ4v) is 9.99. The van der Waals surface area contributed by atoms with Gasteiger partial charge in [0.05, 0.1) is 12.8 Å². The van der Waals surface area contributed by atoms with Crippen molar-refractivity contribution in [3.8, 4) is 5.75 Å². The van der Waals surface area contributed by atoms with Gasteiger partial charge in [0, 0.05) is 17.9 Å². The van der Waals surface area contributed by atoms with Crippen LogP contribution < -0.4 is 25.6 Å². The first-order valence-electron chi connectivity index (χ1n) is 12.5. The minimum atomic E-state index is -0.684. The van der Waals surface area contributed by atoms with E-state index in [0.717, 1.165) is 23.5 Å². The SMILES string of the molecule is COc1cccc(P(c2ccccc2)c2ccccc2)c1N(C)C12CC3CC(CC(C3)C1)C2. The Kier molecular flexibility index (Phi) is 5.46. The molecule has 0 unspecified atom stereocenters. The van der Waals surface area contributed by atoms with Crippen LogP contribution in [0.15, 0.2) is 78.9 Å². The van der Waals surface area contributed by atoms with Gasteiger partial charge in [0.25, 0.3) is 0 Å². The maximum atomic E-state index is 6.06. The second-order valence-corrected chi connectivity index (χ2v) is 12.7. The van der Waals surface area contributed by atoms with Gasteiger partial charge >= 0.3 is 0 Å².